The zero-order valence-electron chi connectivity index (χ0n) is 13.7. The SMILES string of the molecule is CC(=NNC(=O)CNC(=O)C=Cc1ccccc1)c1ccc(Cl)cc1. The lowest BCUT2D eigenvalue weighted by atomic mass is 10.1. The molecular weight excluding hydrogens is 338 g/mol. The number of benzene rings is 2. The van der Waals surface area contributed by atoms with Crippen LogP contribution in [0.15, 0.2) is 65.8 Å². The van der Waals surface area contributed by atoms with Gasteiger partial charge in [0.25, 0.3) is 5.91 Å². The molecular formula is C19H18ClN3O2. The van der Waals surface area contributed by atoms with Crippen molar-refractivity contribution in [3.63, 3.8) is 0 Å². The maximum absolute atomic E-state index is 11.7. The van der Waals surface area contributed by atoms with Crippen LogP contribution in [0, 0.1) is 0 Å². The maximum Gasteiger partial charge on any atom is 0.259 e. The molecule has 0 aliphatic heterocycles. The number of halogens is 1. The zero-order chi connectivity index (χ0) is 18.1. The molecule has 0 atom stereocenters. The molecule has 0 radical (unpaired) electrons. The monoisotopic (exact) mass is 355 g/mol. The Hall–Kier alpha value is -2.92. The van der Waals surface area contributed by atoms with Gasteiger partial charge in [-0.1, -0.05) is 54.1 Å². The van der Waals surface area contributed by atoms with Gasteiger partial charge >= 0.3 is 0 Å². The maximum atomic E-state index is 11.7. The molecule has 0 aromatic heterocycles. The number of hydrogen-bond donors (Lipinski definition) is 2. The fraction of sp³-hybridized carbons (Fsp3) is 0.105. The van der Waals surface area contributed by atoms with Crippen LogP contribution in [0.5, 0.6) is 0 Å². The first kappa shape index (κ1) is 18.4. The molecule has 0 aliphatic rings. The van der Waals surface area contributed by atoms with Crippen LogP contribution in [0.2, 0.25) is 5.02 Å². The first-order valence-electron chi connectivity index (χ1n) is 7.64. The van der Waals surface area contributed by atoms with Gasteiger partial charge in [-0.2, -0.15) is 5.10 Å². The minimum atomic E-state index is -0.408. The quantitative estimate of drug-likeness (QED) is 0.475. The van der Waals surface area contributed by atoms with E-state index >= 15 is 0 Å². The predicted molar refractivity (Wildman–Crippen MR) is 100 cm³/mol. The molecule has 2 aromatic carbocycles. The summed E-state index contributed by atoms with van der Waals surface area (Å²) in [7, 11) is 0. The first-order chi connectivity index (χ1) is 12.0. The lowest BCUT2D eigenvalue weighted by Gasteiger charge is -2.04. The van der Waals surface area contributed by atoms with Crippen molar-refractivity contribution in [3.8, 4) is 0 Å². The third kappa shape index (κ3) is 6.61. The smallest absolute Gasteiger partial charge is 0.259 e. The van der Waals surface area contributed by atoms with E-state index in [4.69, 9.17) is 11.6 Å². The van der Waals surface area contributed by atoms with E-state index in [9.17, 15) is 9.59 Å². The van der Waals surface area contributed by atoms with Gasteiger partial charge in [-0.05, 0) is 36.3 Å². The van der Waals surface area contributed by atoms with E-state index < -0.39 is 5.91 Å². The first-order valence-corrected chi connectivity index (χ1v) is 8.02. The molecule has 5 nitrogen and oxygen atoms in total. The summed E-state index contributed by atoms with van der Waals surface area (Å²) in [5.74, 6) is -0.757. The Kier molecular flexibility index (Phi) is 6.92. The molecule has 128 valence electrons. The van der Waals surface area contributed by atoms with Crippen molar-refractivity contribution in [2.24, 2.45) is 5.10 Å². The van der Waals surface area contributed by atoms with E-state index in [2.05, 4.69) is 15.8 Å². The second-order valence-corrected chi connectivity index (χ2v) is 5.64. The number of carbonyl (C=O) groups excluding carboxylic acids is 2. The van der Waals surface area contributed by atoms with Gasteiger partial charge in [0.05, 0.1) is 12.3 Å². The number of nitrogens with one attached hydrogen (secondary N) is 2. The normalized spacial score (nSPS) is 11.4. The van der Waals surface area contributed by atoms with Crippen molar-refractivity contribution in [1.82, 2.24) is 10.7 Å². The zero-order valence-corrected chi connectivity index (χ0v) is 14.5. The van der Waals surface area contributed by atoms with Crippen LogP contribution in [0.3, 0.4) is 0 Å². The third-order valence-electron chi connectivity index (χ3n) is 3.26. The molecule has 2 rings (SSSR count). The van der Waals surface area contributed by atoms with Crippen molar-refractivity contribution in [3.05, 3.63) is 76.8 Å². The summed E-state index contributed by atoms with van der Waals surface area (Å²) in [5.41, 5.74) is 4.80. The van der Waals surface area contributed by atoms with E-state index in [1.54, 1.807) is 25.1 Å². The van der Waals surface area contributed by atoms with Crippen LogP contribution in [0.25, 0.3) is 6.08 Å². The lowest BCUT2D eigenvalue weighted by molar-refractivity contribution is -0.123. The number of hydrogen-bond acceptors (Lipinski definition) is 3. The molecule has 0 heterocycles. The minimum absolute atomic E-state index is 0.157. The molecule has 0 aliphatic carbocycles. The minimum Gasteiger partial charge on any atom is -0.343 e. The summed E-state index contributed by atoms with van der Waals surface area (Å²) in [5, 5.41) is 7.13. The van der Waals surface area contributed by atoms with Crippen LogP contribution in [0.1, 0.15) is 18.1 Å². The molecule has 0 saturated carbocycles. The van der Waals surface area contributed by atoms with Crippen molar-refractivity contribution >= 4 is 35.2 Å². The molecule has 0 saturated heterocycles. The highest BCUT2D eigenvalue weighted by Gasteiger charge is 2.03. The van der Waals surface area contributed by atoms with Crippen LogP contribution in [0.4, 0.5) is 0 Å². The summed E-state index contributed by atoms with van der Waals surface area (Å²) in [4.78, 5) is 23.4. The van der Waals surface area contributed by atoms with Crippen molar-refractivity contribution in [2.75, 3.05) is 6.54 Å². The Labute approximate surface area is 151 Å². The summed E-state index contributed by atoms with van der Waals surface area (Å²) >= 11 is 5.82. The van der Waals surface area contributed by atoms with Gasteiger partial charge in [-0.3, -0.25) is 9.59 Å². The van der Waals surface area contributed by atoms with E-state index in [-0.39, 0.29) is 12.5 Å². The predicted octanol–water partition coefficient (Wildman–Crippen LogP) is 3.01. The molecule has 0 unspecified atom stereocenters. The Balaban J connectivity index is 1.78. The molecule has 0 bridgehead atoms. The molecule has 0 spiro atoms. The Bertz CT molecular complexity index is 784. The second-order valence-electron chi connectivity index (χ2n) is 5.20. The summed E-state index contributed by atoms with van der Waals surface area (Å²) in [6.45, 7) is 1.61. The average Bonchev–Trinajstić information content (AvgIpc) is 2.64. The number of amides is 2. The average molecular weight is 356 g/mol. The van der Waals surface area contributed by atoms with Gasteiger partial charge in [0.15, 0.2) is 0 Å². The largest absolute Gasteiger partial charge is 0.343 e. The highest BCUT2D eigenvalue weighted by Crippen LogP contribution is 2.10. The Morgan fingerprint density at radius 2 is 1.76 bits per heavy atom. The van der Waals surface area contributed by atoms with E-state index in [0.717, 1.165) is 11.1 Å². The molecule has 25 heavy (non-hydrogen) atoms. The van der Waals surface area contributed by atoms with Crippen LogP contribution in [-0.2, 0) is 9.59 Å². The van der Waals surface area contributed by atoms with E-state index in [1.807, 2.05) is 42.5 Å². The summed E-state index contributed by atoms with van der Waals surface area (Å²) < 4.78 is 0. The molecule has 6 heteroatoms. The molecule has 0 fully saturated rings. The van der Waals surface area contributed by atoms with Gasteiger partial charge in [0.2, 0.25) is 5.91 Å². The fourth-order valence-corrected chi connectivity index (χ4v) is 2.03. The fourth-order valence-electron chi connectivity index (χ4n) is 1.90. The highest BCUT2D eigenvalue weighted by atomic mass is 35.5. The number of rotatable bonds is 6. The van der Waals surface area contributed by atoms with Crippen LogP contribution in [-0.4, -0.2) is 24.1 Å². The van der Waals surface area contributed by atoms with E-state index in [0.29, 0.717) is 10.7 Å². The van der Waals surface area contributed by atoms with Crippen LogP contribution >= 0.6 is 11.6 Å². The number of nitrogens with zero attached hydrogens (tertiary/aromatic N) is 1. The van der Waals surface area contributed by atoms with Gasteiger partial charge in [-0.25, -0.2) is 5.43 Å². The molecule has 2 N–H and O–H groups in total. The van der Waals surface area contributed by atoms with Gasteiger partial charge in [-0.15, -0.1) is 0 Å². The lowest BCUT2D eigenvalue weighted by Crippen LogP contribution is -2.34. The van der Waals surface area contributed by atoms with Gasteiger partial charge in [0, 0.05) is 11.1 Å². The van der Waals surface area contributed by atoms with Crippen molar-refractivity contribution < 1.29 is 9.59 Å². The Morgan fingerprint density at radius 1 is 1.08 bits per heavy atom. The standard InChI is InChI=1S/C19H18ClN3O2/c1-14(16-8-10-17(20)11-9-16)22-23-19(25)13-21-18(24)12-7-15-5-3-2-4-6-15/h2-12H,13H2,1H3,(H,21,24)(H,23,25). The molecule has 2 aromatic rings. The summed E-state index contributed by atoms with van der Waals surface area (Å²) in [6.07, 6.45) is 3.06. The number of hydrazone groups is 1. The van der Waals surface area contributed by atoms with Crippen molar-refractivity contribution in [1.29, 1.82) is 0 Å². The molecule has 2 amide bonds. The highest BCUT2D eigenvalue weighted by molar-refractivity contribution is 6.30. The van der Waals surface area contributed by atoms with Gasteiger partial charge < -0.3 is 5.32 Å². The second kappa shape index (κ2) is 9.39. The van der Waals surface area contributed by atoms with E-state index in [1.165, 1.54) is 6.08 Å². The third-order valence-corrected chi connectivity index (χ3v) is 3.51. The number of carbonyl (C=O) groups is 2. The Morgan fingerprint density at radius 3 is 2.44 bits per heavy atom. The van der Waals surface area contributed by atoms with Crippen LogP contribution < -0.4 is 10.7 Å². The van der Waals surface area contributed by atoms with Gasteiger partial charge in [0.1, 0.15) is 0 Å². The topological polar surface area (TPSA) is 70.6 Å². The van der Waals surface area contributed by atoms with Crippen molar-refractivity contribution in [2.45, 2.75) is 6.92 Å². The summed E-state index contributed by atoms with van der Waals surface area (Å²) in [6, 6.07) is 16.5.